The normalized spacial score (nSPS) is 21.6. The standard InChI is InChI=1S/C16H20O3/c1-16(2)10-12(6-9-14(16)15(17)18)11-4-7-13(19-3)8-5-11/h4-8,14H,9-10H2,1-3H3,(H,17,18)/t14-/m1/s1. The van der Waals surface area contributed by atoms with Crippen molar-refractivity contribution >= 4 is 11.5 Å². The molecule has 3 heteroatoms. The van der Waals surface area contributed by atoms with E-state index in [1.807, 2.05) is 38.1 Å². The van der Waals surface area contributed by atoms with E-state index in [0.29, 0.717) is 6.42 Å². The number of carboxylic acids is 1. The Kier molecular flexibility index (Phi) is 3.65. The number of aliphatic carboxylic acids is 1. The molecule has 1 aromatic carbocycles. The molecule has 0 spiro atoms. The Bertz CT molecular complexity index is 497. The Hall–Kier alpha value is -1.77. The molecule has 1 aliphatic rings. The third-order valence-electron chi connectivity index (χ3n) is 3.95. The number of rotatable bonds is 3. The van der Waals surface area contributed by atoms with E-state index < -0.39 is 5.97 Å². The largest absolute Gasteiger partial charge is 0.497 e. The highest BCUT2D eigenvalue weighted by Gasteiger charge is 2.37. The van der Waals surface area contributed by atoms with Gasteiger partial charge in [0.1, 0.15) is 5.75 Å². The zero-order valence-electron chi connectivity index (χ0n) is 11.6. The van der Waals surface area contributed by atoms with Crippen LogP contribution in [0, 0.1) is 11.3 Å². The SMILES string of the molecule is COc1ccc(C2=CC[C@H](C(=O)O)C(C)(C)C2)cc1. The first-order valence-corrected chi connectivity index (χ1v) is 6.50. The van der Waals surface area contributed by atoms with Crippen molar-refractivity contribution in [3.8, 4) is 5.75 Å². The summed E-state index contributed by atoms with van der Waals surface area (Å²) >= 11 is 0. The number of benzene rings is 1. The predicted octanol–water partition coefficient (Wildman–Crippen LogP) is 3.60. The molecule has 0 aliphatic heterocycles. The van der Waals surface area contributed by atoms with E-state index in [4.69, 9.17) is 4.74 Å². The predicted molar refractivity (Wildman–Crippen MR) is 75.1 cm³/mol. The molecule has 102 valence electrons. The van der Waals surface area contributed by atoms with Crippen molar-refractivity contribution in [1.29, 1.82) is 0 Å². The number of methoxy groups -OCH3 is 1. The van der Waals surface area contributed by atoms with Crippen LogP contribution in [-0.4, -0.2) is 18.2 Å². The Labute approximate surface area is 113 Å². The molecule has 2 rings (SSSR count). The minimum absolute atomic E-state index is 0.212. The molecule has 1 N–H and O–H groups in total. The highest BCUT2D eigenvalue weighted by molar-refractivity contribution is 5.75. The summed E-state index contributed by atoms with van der Waals surface area (Å²) in [5.74, 6) is -0.160. The molecule has 0 saturated carbocycles. The highest BCUT2D eigenvalue weighted by atomic mass is 16.5. The van der Waals surface area contributed by atoms with Crippen LogP contribution < -0.4 is 4.74 Å². The van der Waals surface area contributed by atoms with Crippen LogP contribution in [0.2, 0.25) is 0 Å². The fourth-order valence-electron chi connectivity index (χ4n) is 2.73. The third kappa shape index (κ3) is 2.80. The van der Waals surface area contributed by atoms with Crippen LogP contribution in [0.3, 0.4) is 0 Å². The summed E-state index contributed by atoms with van der Waals surface area (Å²) in [4.78, 5) is 11.3. The Morgan fingerprint density at radius 2 is 1.95 bits per heavy atom. The molecule has 19 heavy (non-hydrogen) atoms. The van der Waals surface area contributed by atoms with Crippen molar-refractivity contribution in [3.05, 3.63) is 35.9 Å². The van der Waals surface area contributed by atoms with Crippen LogP contribution in [0.5, 0.6) is 5.75 Å². The Balaban J connectivity index is 2.24. The molecule has 0 heterocycles. The second kappa shape index (κ2) is 5.08. The number of allylic oxidation sites excluding steroid dienone is 2. The minimum atomic E-state index is -0.699. The van der Waals surface area contributed by atoms with E-state index in [2.05, 4.69) is 6.08 Å². The molecule has 1 aromatic rings. The molecule has 1 aliphatic carbocycles. The molecule has 0 fully saturated rings. The van der Waals surface area contributed by atoms with Gasteiger partial charge in [0, 0.05) is 0 Å². The molecule has 0 bridgehead atoms. The van der Waals surface area contributed by atoms with E-state index >= 15 is 0 Å². The van der Waals surface area contributed by atoms with Gasteiger partial charge in [-0.05, 0) is 41.5 Å². The van der Waals surface area contributed by atoms with Crippen LogP contribution >= 0.6 is 0 Å². The van der Waals surface area contributed by atoms with Gasteiger partial charge in [-0.15, -0.1) is 0 Å². The van der Waals surface area contributed by atoms with Crippen LogP contribution in [0.1, 0.15) is 32.3 Å². The van der Waals surface area contributed by atoms with E-state index in [9.17, 15) is 9.90 Å². The second-order valence-corrected chi connectivity index (χ2v) is 5.75. The van der Waals surface area contributed by atoms with Gasteiger partial charge in [-0.1, -0.05) is 32.1 Å². The molecule has 0 aromatic heterocycles. The summed E-state index contributed by atoms with van der Waals surface area (Å²) in [5.41, 5.74) is 2.17. The first kappa shape index (κ1) is 13.7. The first-order chi connectivity index (χ1) is 8.94. The van der Waals surface area contributed by atoms with Crippen LogP contribution in [0.25, 0.3) is 5.57 Å². The summed E-state index contributed by atoms with van der Waals surface area (Å²) < 4.78 is 5.15. The smallest absolute Gasteiger partial charge is 0.307 e. The molecule has 1 atom stereocenters. The molecule has 0 amide bonds. The van der Waals surface area contributed by atoms with E-state index in [1.165, 1.54) is 5.57 Å². The molecule has 3 nitrogen and oxygen atoms in total. The average molecular weight is 260 g/mol. The van der Waals surface area contributed by atoms with Gasteiger partial charge in [0.15, 0.2) is 0 Å². The number of ether oxygens (including phenoxy) is 1. The number of hydrogen-bond donors (Lipinski definition) is 1. The van der Waals surface area contributed by atoms with Crippen LogP contribution in [-0.2, 0) is 4.79 Å². The van der Waals surface area contributed by atoms with E-state index in [1.54, 1.807) is 7.11 Å². The zero-order chi connectivity index (χ0) is 14.0. The van der Waals surface area contributed by atoms with Gasteiger partial charge in [-0.3, -0.25) is 4.79 Å². The molecule has 0 unspecified atom stereocenters. The fourth-order valence-corrected chi connectivity index (χ4v) is 2.73. The van der Waals surface area contributed by atoms with Gasteiger partial charge in [-0.2, -0.15) is 0 Å². The molecule has 0 saturated heterocycles. The zero-order valence-corrected chi connectivity index (χ0v) is 11.6. The lowest BCUT2D eigenvalue weighted by Gasteiger charge is -2.35. The lowest BCUT2D eigenvalue weighted by molar-refractivity contribution is -0.145. The Morgan fingerprint density at radius 1 is 1.32 bits per heavy atom. The van der Waals surface area contributed by atoms with Crippen LogP contribution in [0.15, 0.2) is 30.3 Å². The van der Waals surface area contributed by atoms with Crippen molar-refractivity contribution < 1.29 is 14.6 Å². The van der Waals surface area contributed by atoms with Crippen LogP contribution in [0.4, 0.5) is 0 Å². The fraction of sp³-hybridized carbons (Fsp3) is 0.438. The maximum Gasteiger partial charge on any atom is 0.307 e. The van der Waals surface area contributed by atoms with Gasteiger partial charge in [0.05, 0.1) is 13.0 Å². The molecular formula is C16H20O3. The summed E-state index contributed by atoms with van der Waals surface area (Å²) in [6.45, 7) is 4.06. The lowest BCUT2D eigenvalue weighted by atomic mass is 9.68. The number of hydrogen-bond acceptors (Lipinski definition) is 2. The van der Waals surface area contributed by atoms with Crippen molar-refractivity contribution in [3.63, 3.8) is 0 Å². The first-order valence-electron chi connectivity index (χ1n) is 6.50. The quantitative estimate of drug-likeness (QED) is 0.903. The van der Waals surface area contributed by atoms with Gasteiger partial charge < -0.3 is 9.84 Å². The second-order valence-electron chi connectivity index (χ2n) is 5.75. The average Bonchev–Trinajstić information content (AvgIpc) is 2.37. The summed E-state index contributed by atoms with van der Waals surface area (Å²) in [6, 6.07) is 7.93. The van der Waals surface area contributed by atoms with Crippen molar-refractivity contribution in [1.82, 2.24) is 0 Å². The highest BCUT2D eigenvalue weighted by Crippen LogP contribution is 2.43. The van der Waals surface area contributed by atoms with Gasteiger partial charge in [0.25, 0.3) is 0 Å². The van der Waals surface area contributed by atoms with Gasteiger partial charge in [0.2, 0.25) is 0 Å². The van der Waals surface area contributed by atoms with Gasteiger partial charge >= 0.3 is 5.97 Å². The van der Waals surface area contributed by atoms with Crippen molar-refractivity contribution in [2.24, 2.45) is 11.3 Å². The van der Waals surface area contributed by atoms with E-state index in [-0.39, 0.29) is 11.3 Å². The van der Waals surface area contributed by atoms with Crippen molar-refractivity contribution in [2.75, 3.05) is 7.11 Å². The van der Waals surface area contributed by atoms with Gasteiger partial charge in [-0.25, -0.2) is 0 Å². The summed E-state index contributed by atoms with van der Waals surface area (Å²) in [6.07, 6.45) is 3.45. The van der Waals surface area contributed by atoms with Crippen molar-refractivity contribution in [2.45, 2.75) is 26.7 Å². The lowest BCUT2D eigenvalue weighted by Crippen LogP contribution is -2.33. The Morgan fingerprint density at radius 3 is 2.42 bits per heavy atom. The number of carbonyl (C=O) groups is 1. The summed E-state index contributed by atoms with van der Waals surface area (Å²) in [5, 5.41) is 9.25. The topological polar surface area (TPSA) is 46.5 Å². The minimum Gasteiger partial charge on any atom is -0.497 e. The molecule has 0 radical (unpaired) electrons. The molecular weight excluding hydrogens is 240 g/mol. The maximum atomic E-state index is 11.3. The summed E-state index contributed by atoms with van der Waals surface area (Å²) in [7, 11) is 1.65. The van der Waals surface area contributed by atoms with E-state index in [0.717, 1.165) is 17.7 Å². The number of carboxylic acid groups (broad SMARTS) is 1. The monoisotopic (exact) mass is 260 g/mol. The maximum absolute atomic E-state index is 11.3. The third-order valence-corrected chi connectivity index (χ3v) is 3.95.